The number of nitrogens with one attached hydrogen (secondary N) is 1. The topological polar surface area (TPSA) is 92.5 Å². The van der Waals surface area contributed by atoms with Crippen molar-refractivity contribution in [1.29, 1.82) is 0 Å². The average Bonchev–Trinajstić information content (AvgIpc) is 2.71. The molecule has 1 fully saturated rings. The molecule has 0 atom stereocenters. The second-order valence-electron chi connectivity index (χ2n) is 6.31. The van der Waals surface area contributed by atoms with E-state index in [4.69, 9.17) is 5.11 Å². The Morgan fingerprint density at radius 1 is 1.30 bits per heavy atom. The highest BCUT2D eigenvalue weighted by Crippen LogP contribution is 2.64. The fourth-order valence-corrected chi connectivity index (χ4v) is 2.66. The number of nitro benzene ring substituents is 1. The van der Waals surface area contributed by atoms with Crippen molar-refractivity contribution in [3.05, 3.63) is 33.9 Å². The van der Waals surface area contributed by atoms with Crippen LogP contribution in [-0.2, 0) is 0 Å². The summed E-state index contributed by atoms with van der Waals surface area (Å²) in [5.74, 6) is -1.10. The first-order valence-electron chi connectivity index (χ1n) is 6.37. The molecule has 0 unspecified atom stereocenters. The van der Waals surface area contributed by atoms with E-state index in [1.807, 2.05) is 0 Å². The van der Waals surface area contributed by atoms with Gasteiger partial charge in [0.05, 0.1) is 10.5 Å². The SMILES string of the molecule is CC1(C)C(Nc2cc(C(=O)O)ccc2[N+](=O)[O-])C1(C)C. The van der Waals surface area contributed by atoms with Crippen LogP contribution in [0.3, 0.4) is 0 Å². The average molecular weight is 278 g/mol. The van der Waals surface area contributed by atoms with E-state index in [1.165, 1.54) is 18.2 Å². The summed E-state index contributed by atoms with van der Waals surface area (Å²) in [7, 11) is 0. The molecule has 0 radical (unpaired) electrons. The zero-order valence-electron chi connectivity index (χ0n) is 11.9. The fraction of sp³-hybridized carbons (Fsp3) is 0.500. The van der Waals surface area contributed by atoms with E-state index in [2.05, 4.69) is 33.0 Å². The smallest absolute Gasteiger partial charge is 0.335 e. The Morgan fingerprint density at radius 2 is 1.85 bits per heavy atom. The highest BCUT2D eigenvalue weighted by atomic mass is 16.6. The molecule has 108 valence electrons. The number of hydrogen-bond acceptors (Lipinski definition) is 4. The van der Waals surface area contributed by atoms with E-state index in [-0.39, 0.29) is 33.8 Å². The van der Waals surface area contributed by atoms with E-state index in [1.54, 1.807) is 0 Å². The van der Waals surface area contributed by atoms with Gasteiger partial charge in [-0.3, -0.25) is 10.1 Å². The van der Waals surface area contributed by atoms with Crippen LogP contribution >= 0.6 is 0 Å². The minimum absolute atomic E-state index is 0.0000961. The van der Waals surface area contributed by atoms with Gasteiger partial charge in [-0.2, -0.15) is 0 Å². The van der Waals surface area contributed by atoms with E-state index in [0.29, 0.717) is 0 Å². The van der Waals surface area contributed by atoms with Gasteiger partial charge >= 0.3 is 5.97 Å². The Balaban J connectivity index is 2.37. The lowest BCUT2D eigenvalue weighted by atomic mass is 10.0. The second kappa shape index (κ2) is 4.19. The van der Waals surface area contributed by atoms with Gasteiger partial charge in [-0.25, -0.2) is 4.79 Å². The summed E-state index contributed by atoms with van der Waals surface area (Å²) < 4.78 is 0. The number of benzene rings is 1. The summed E-state index contributed by atoms with van der Waals surface area (Å²) in [6.45, 7) is 8.32. The van der Waals surface area contributed by atoms with Crippen LogP contribution in [0.1, 0.15) is 38.1 Å². The van der Waals surface area contributed by atoms with Crippen LogP contribution in [0.15, 0.2) is 18.2 Å². The number of rotatable bonds is 4. The zero-order chi connectivity index (χ0) is 15.3. The Bertz CT molecular complexity index is 579. The number of nitro groups is 1. The molecule has 1 saturated carbocycles. The minimum Gasteiger partial charge on any atom is -0.478 e. The molecule has 6 heteroatoms. The molecule has 1 aromatic carbocycles. The van der Waals surface area contributed by atoms with Crippen LogP contribution in [0.5, 0.6) is 0 Å². The molecule has 0 aliphatic heterocycles. The van der Waals surface area contributed by atoms with Crippen LogP contribution < -0.4 is 5.32 Å². The van der Waals surface area contributed by atoms with Crippen molar-refractivity contribution in [2.45, 2.75) is 33.7 Å². The van der Waals surface area contributed by atoms with E-state index >= 15 is 0 Å². The maximum Gasteiger partial charge on any atom is 0.335 e. The summed E-state index contributed by atoms with van der Waals surface area (Å²) in [5, 5.41) is 23.2. The molecule has 0 saturated heterocycles. The molecule has 20 heavy (non-hydrogen) atoms. The predicted octanol–water partition coefficient (Wildman–Crippen LogP) is 3.14. The number of carbonyl (C=O) groups is 1. The lowest BCUT2D eigenvalue weighted by Gasteiger charge is -2.09. The molecule has 0 aromatic heterocycles. The molecule has 2 N–H and O–H groups in total. The maximum atomic E-state index is 11.0. The third kappa shape index (κ3) is 2.01. The number of aromatic carboxylic acids is 1. The van der Waals surface area contributed by atoms with Gasteiger partial charge in [0.1, 0.15) is 5.69 Å². The van der Waals surface area contributed by atoms with Gasteiger partial charge < -0.3 is 10.4 Å². The molecule has 1 aliphatic carbocycles. The quantitative estimate of drug-likeness (QED) is 0.652. The van der Waals surface area contributed by atoms with Gasteiger partial charge in [0.25, 0.3) is 5.69 Å². The van der Waals surface area contributed by atoms with Crippen molar-refractivity contribution in [2.24, 2.45) is 10.8 Å². The third-order valence-electron chi connectivity index (χ3n) is 4.76. The summed E-state index contributed by atoms with van der Waals surface area (Å²) >= 11 is 0. The molecule has 6 nitrogen and oxygen atoms in total. The molecule has 1 aliphatic rings. The van der Waals surface area contributed by atoms with Crippen molar-refractivity contribution in [3.8, 4) is 0 Å². The standard InChI is InChI=1S/C14H18N2O4/c1-13(2)12(14(13,3)4)15-9-7-8(11(17)18)5-6-10(9)16(19)20/h5-7,12,15H,1-4H3,(H,17,18). The highest BCUT2D eigenvalue weighted by Gasteiger charge is 2.65. The number of carboxylic acid groups (broad SMARTS) is 1. The third-order valence-corrected chi connectivity index (χ3v) is 4.76. The Kier molecular flexibility index (Phi) is 3.00. The van der Waals surface area contributed by atoms with Crippen LogP contribution in [0.2, 0.25) is 0 Å². The second-order valence-corrected chi connectivity index (χ2v) is 6.31. The van der Waals surface area contributed by atoms with Crippen LogP contribution in [0.25, 0.3) is 0 Å². The van der Waals surface area contributed by atoms with Gasteiger partial charge in [-0.15, -0.1) is 0 Å². The van der Waals surface area contributed by atoms with Crippen molar-refractivity contribution in [1.82, 2.24) is 0 Å². The van der Waals surface area contributed by atoms with Gasteiger partial charge in [-0.05, 0) is 23.0 Å². The monoisotopic (exact) mass is 278 g/mol. The molecule has 0 bridgehead atoms. The van der Waals surface area contributed by atoms with Gasteiger partial charge in [0, 0.05) is 12.1 Å². The molecule has 0 spiro atoms. The van der Waals surface area contributed by atoms with Crippen LogP contribution in [0.4, 0.5) is 11.4 Å². The lowest BCUT2D eigenvalue weighted by Crippen LogP contribution is -2.12. The predicted molar refractivity (Wildman–Crippen MR) is 75.0 cm³/mol. The maximum absolute atomic E-state index is 11.0. The summed E-state index contributed by atoms with van der Waals surface area (Å²) in [6, 6.07) is 3.87. The summed E-state index contributed by atoms with van der Waals surface area (Å²) in [5.41, 5.74) is 0.196. The normalized spacial score (nSPS) is 19.4. The molecule has 1 aromatic rings. The zero-order valence-corrected chi connectivity index (χ0v) is 11.9. The van der Waals surface area contributed by atoms with Crippen molar-refractivity contribution in [3.63, 3.8) is 0 Å². The first-order valence-corrected chi connectivity index (χ1v) is 6.37. The summed E-state index contributed by atoms with van der Waals surface area (Å²) in [6.07, 6.45) is 0. The molecule has 2 rings (SSSR count). The highest BCUT2D eigenvalue weighted by molar-refractivity contribution is 5.90. The Morgan fingerprint density at radius 3 is 2.25 bits per heavy atom. The van der Waals surface area contributed by atoms with Crippen LogP contribution in [0, 0.1) is 20.9 Å². The molecule has 0 heterocycles. The van der Waals surface area contributed by atoms with Crippen molar-refractivity contribution >= 4 is 17.3 Å². The van der Waals surface area contributed by atoms with Crippen LogP contribution in [-0.4, -0.2) is 22.0 Å². The van der Waals surface area contributed by atoms with E-state index in [0.717, 1.165) is 0 Å². The number of nitrogens with zero attached hydrogens (tertiary/aromatic N) is 1. The Hall–Kier alpha value is -2.11. The molecule has 0 amide bonds. The van der Waals surface area contributed by atoms with Crippen molar-refractivity contribution in [2.75, 3.05) is 5.32 Å². The lowest BCUT2D eigenvalue weighted by molar-refractivity contribution is -0.384. The first kappa shape index (κ1) is 14.3. The minimum atomic E-state index is -1.10. The Labute approximate surface area is 117 Å². The number of carboxylic acids is 1. The van der Waals surface area contributed by atoms with E-state index < -0.39 is 10.9 Å². The largest absolute Gasteiger partial charge is 0.478 e. The van der Waals surface area contributed by atoms with Crippen molar-refractivity contribution < 1.29 is 14.8 Å². The fourth-order valence-electron chi connectivity index (χ4n) is 2.66. The first-order chi connectivity index (χ1) is 9.09. The number of hydrogen-bond donors (Lipinski definition) is 2. The van der Waals surface area contributed by atoms with E-state index in [9.17, 15) is 14.9 Å². The van der Waals surface area contributed by atoms with Gasteiger partial charge in [-0.1, -0.05) is 27.7 Å². The van der Waals surface area contributed by atoms with Gasteiger partial charge in [0.2, 0.25) is 0 Å². The molecular formula is C14H18N2O4. The number of anilines is 1. The molecular weight excluding hydrogens is 260 g/mol. The van der Waals surface area contributed by atoms with Gasteiger partial charge in [0.15, 0.2) is 0 Å². The summed E-state index contributed by atoms with van der Waals surface area (Å²) in [4.78, 5) is 21.5.